The Morgan fingerprint density at radius 2 is 2.18 bits per heavy atom. The Balaban J connectivity index is 2.15. The van der Waals surface area contributed by atoms with Crippen LogP contribution in [0.2, 0.25) is 0 Å². The molecule has 1 fully saturated rings. The van der Waals surface area contributed by atoms with Gasteiger partial charge in [-0.2, -0.15) is 0 Å². The lowest BCUT2D eigenvalue weighted by molar-refractivity contribution is -0.137. The molecule has 0 N–H and O–H groups in total. The molecule has 1 aliphatic rings. The number of carbonyl (C=O) groups excluding carboxylic acids is 1. The van der Waals surface area contributed by atoms with E-state index in [-0.39, 0.29) is 5.97 Å². The van der Waals surface area contributed by atoms with Crippen molar-refractivity contribution in [2.24, 2.45) is 5.92 Å². The van der Waals surface area contributed by atoms with Crippen LogP contribution in [0, 0.1) is 5.92 Å². The summed E-state index contributed by atoms with van der Waals surface area (Å²) in [7, 11) is 2.07. The van der Waals surface area contributed by atoms with Crippen LogP contribution in [-0.2, 0) is 14.3 Å². The van der Waals surface area contributed by atoms with E-state index in [4.69, 9.17) is 9.47 Å². The zero-order valence-electron chi connectivity index (χ0n) is 10.9. The molecule has 0 saturated carbocycles. The fraction of sp³-hybridized carbons (Fsp3) is 0.769. The van der Waals surface area contributed by atoms with Crippen molar-refractivity contribution in [2.45, 2.75) is 19.8 Å². The first kappa shape index (κ1) is 14.2. The summed E-state index contributed by atoms with van der Waals surface area (Å²) >= 11 is 0. The summed E-state index contributed by atoms with van der Waals surface area (Å²) in [5.41, 5.74) is 0. The molecule has 1 rings (SSSR count). The number of nitrogens with zero attached hydrogens (tertiary/aromatic N) is 1. The van der Waals surface area contributed by atoms with Crippen molar-refractivity contribution in [3.05, 3.63) is 12.2 Å². The van der Waals surface area contributed by atoms with Gasteiger partial charge in [0.05, 0.1) is 6.61 Å². The molecule has 0 aromatic rings. The topological polar surface area (TPSA) is 38.8 Å². The first-order chi connectivity index (χ1) is 8.22. The van der Waals surface area contributed by atoms with Gasteiger partial charge in [0.1, 0.15) is 0 Å². The molecular formula is C13H23NO3. The molecule has 0 aliphatic carbocycles. The second-order valence-electron chi connectivity index (χ2n) is 4.43. The minimum Gasteiger partial charge on any atom is -0.463 e. The maximum absolute atomic E-state index is 11.1. The van der Waals surface area contributed by atoms with Crippen LogP contribution in [0.4, 0.5) is 0 Å². The predicted octanol–water partition coefficient (Wildman–Crippen LogP) is 1.46. The molecule has 0 atom stereocenters. The Bertz CT molecular complexity index is 247. The highest BCUT2D eigenvalue weighted by Gasteiger charge is 2.14. The molecule has 17 heavy (non-hydrogen) atoms. The number of esters is 1. The number of likely N-dealkylation sites (N-methyl/N-ethyl adjacent to an activating group) is 1. The van der Waals surface area contributed by atoms with Gasteiger partial charge < -0.3 is 14.4 Å². The third-order valence-corrected chi connectivity index (χ3v) is 2.87. The minimum atomic E-state index is -0.257. The average molecular weight is 241 g/mol. The van der Waals surface area contributed by atoms with Crippen LogP contribution in [0.5, 0.6) is 0 Å². The molecular weight excluding hydrogens is 218 g/mol. The van der Waals surface area contributed by atoms with Gasteiger partial charge in [0.2, 0.25) is 0 Å². The highest BCUT2D eigenvalue weighted by Crippen LogP contribution is 2.15. The Morgan fingerprint density at radius 3 is 2.82 bits per heavy atom. The monoisotopic (exact) mass is 241 g/mol. The zero-order chi connectivity index (χ0) is 12.5. The van der Waals surface area contributed by atoms with Crippen LogP contribution in [0.1, 0.15) is 19.8 Å². The third kappa shape index (κ3) is 6.44. The van der Waals surface area contributed by atoms with Gasteiger partial charge in [0.25, 0.3) is 0 Å². The van der Waals surface area contributed by atoms with Gasteiger partial charge in [-0.05, 0) is 32.7 Å². The Kier molecular flexibility index (Phi) is 6.89. The number of hydrogen-bond acceptors (Lipinski definition) is 4. The zero-order valence-corrected chi connectivity index (χ0v) is 10.9. The first-order valence-corrected chi connectivity index (χ1v) is 6.32. The maximum atomic E-state index is 11.1. The lowest BCUT2D eigenvalue weighted by Crippen LogP contribution is -2.29. The quantitative estimate of drug-likeness (QED) is 0.521. The molecule has 0 bridgehead atoms. The van der Waals surface area contributed by atoms with Crippen molar-refractivity contribution in [3.63, 3.8) is 0 Å². The standard InChI is InChI=1S/C13H23NO3/c1-3-17-13(15)5-4-8-14(2)11-12-6-9-16-10-7-12/h4-5,12H,3,6-11H2,1-2H3/b5-4+. The predicted molar refractivity (Wildman–Crippen MR) is 66.8 cm³/mol. The fourth-order valence-corrected chi connectivity index (χ4v) is 1.96. The molecule has 1 aliphatic heterocycles. The van der Waals surface area contributed by atoms with E-state index in [9.17, 15) is 4.79 Å². The van der Waals surface area contributed by atoms with Gasteiger partial charge in [-0.15, -0.1) is 0 Å². The highest BCUT2D eigenvalue weighted by molar-refractivity contribution is 5.81. The number of ether oxygens (including phenoxy) is 2. The Hall–Kier alpha value is -0.870. The van der Waals surface area contributed by atoms with Gasteiger partial charge >= 0.3 is 5.97 Å². The van der Waals surface area contributed by atoms with Crippen LogP contribution in [0.15, 0.2) is 12.2 Å². The fourth-order valence-electron chi connectivity index (χ4n) is 1.96. The lowest BCUT2D eigenvalue weighted by atomic mass is 10.00. The van der Waals surface area contributed by atoms with E-state index in [2.05, 4.69) is 11.9 Å². The molecule has 0 radical (unpaired) electrons. The van der Waals surface area contributed by atoms with Crippen LogP contribution in [0.3, 0.4) is 0 Å². The molecule has 4 heteroatoms. The van der Waals surface area contributed by atoms with Gasteiger partial charge in [0.15, 0.2) is 0 Å². The SMILES string of the molecule is CCOC(=O)/C=C/CN(C)CC1CCOCC1. The molecule has 0 amide bonds. The minimum absolute atomic E-state index is 0.257. The van der Waals surface area contributed by atoms with E-state index in [1.165, 1.54) is 6.08 Å². The van der Waals surface area contributed by atoms with Crippen LogP contribution in [-0.4, -0.2) is 50.8 Å². The summed E-state index contributed by atoms with van der Waals surface area (Å²) in [5.74, 6) is 0.469. The van der Waals surface area contributed by atoms with E-state index in [0.29, 0.717) is 6.61 Å². The summed E-state index contributed by atoms with van der Waals surface area (Å²) in [6.45, 7) is 5.87. The van der Waals surface area contributed by atoms with Crippen LogP contribution < -0.4 is 0 Å². The van der Waals surface area contributed by atoms with E-state index >= 15 is 0 Å². The number of carbonyl (C=O) groups is 1. The second kappa shape index (κ2) is 8.25. The van der Waals surface area contributed by atoms with Crippen molar-refractivity contribution in [1.29, 1.82) is 0 Å². The highest BCUT2D eigenvalue weighted by atomic mass is 16.5. The van der Waals surface area contributed by atoms with Crippen LogP contribution in [0.25, 0.3) is 0 Å². The van der Waals surface area contributed by atoms with Gasteiger partial charge in [0, 0.05) is 32.4 Å². The summed E-state index contributed by atoms with van der Waals surface area (Å²) in [4.78, 5) is 13.3. The van der Waals surface area contributed by atoms with E-state index in [0.717, 1.165) is 45.1 Å². The molecule has 0 aromatic carbocycles. The first-order valence-electron chi connectivity index (χ1n) is 6.32. The molecule has 4 nitrogen and oxygen atoms in total. The molecule has 1 saturated heterocycles. The summed E-state index contributed by atoms with van der Waals surface area (Å²) in [6.07, 6.45) is 5.65. The second-order valence-corrected chi connectivity index (χ2v) is 4.43. The molecule has 0 aromatic heterocycles. The van der Waals surface area contributed by atoms with Gasteiger partial charge in [-0.3, -0.25) is 0 Å². The third-order valence-electron chi connectivity index (χ3n) is 2.87. The summed E-state index contributed by atoms with van der Waals surface area (Å²) in [6, 6.07) is 0. The average Bonchev–Trinajstić information content (AvgIpc) is 2.30. The molecule has 98 valence electrons. The normalized spacial score (nSPS) is 17.8. The lowest BCUT2D eigenvalue weighted by Gasteiger charge is -2.26. The van der Waals surface area contributed by atoms with Crippen molar-refractivity contribution >= 4 is 5.97 Å². The smallest absolute Gasteiger partial charge is 0.330 e. The van der Waals surface area contributed by atoms with E-state index < -0.39 is 0 Å². The van der Waals surface area contributed by atoms with Gasteiger partial charge in [-0.1, -0.05) is 6.08 Å². The molecule has 1 heterocycles. The van der Waals surface area contributed by atoms with E-state index in [1.807, 2.05) is 13.0 Å². The summed E-state index contributed by atoms with van der Waals surface area (Å²) in [5, 5.41) is 0. The summed E-state index contributed by atoms with van der Waals surface area (Å²) < 4.78 is 10.1. The van der Waals surface area contributed by atoms with Crippen LogP contribution >= 0.6 is 0 Å². The largest absolute Gasteiger partial charge is 0.463 e. The van der Waals surface area contributed by atoms with Crippen molar-refractivity contribution in [3.8, 4) is 0 Å². The van der Waals surface area contributed by atoms with E-state index in [1.54, 1.807) is 0 Å². The van der Waals surface area contributed by atoms with Crippen molar-refractivity contribution in [2.75, 3.05) is 40.0 Å². The number of rotatable bonds is 6. The van der Waals surface area contributed by atoms with Crippen molar-refractivity contribution < 1.29 is 14.3 Å². The molecule has 0 spiro atoms. The maximum Gasteiger partial charge on any atom is 0.330 e. The Labute approximate surface area is 104 Å². The molecule has 0 unspecified atom stereocenters. The van der Waals surface area contributed by atoms with Crippen molar-refractivity contribution in [1.82, 2.24) is 4.90 Å². The Morgan fingerprint density at radius 1 is 1.47 bits per heavy atom. The van der Waals surface area contributed by atoms with Gasteiger partial charge in [-0.25, -0.2) is 4.79 Å². The number of hydrogen-bond donors (Lipinski definition) is 0.